The molecule has 1 atom stereocenters. The van der Waals surface area contributed by atoms with Crippen LogP contribution in [0.1, 0.15) is 11.3 Å². The van der Waals surface area contributed by atoms with Gasteiger partial charge in [0.1, 0.15) is 0 Å². The molecule has 1 aliphatic rings. The summed E-state index contributed by atoms with van der Waals surface area (Å²) in [7, 11) is 0. The van der Waals surface area contributed by atoms with Crippen LogP contribution in [0.3, 0.4) is 0 Å². The summed E-state index contributed by atoms with van der Waals surface area (Å²) in [6.07, 6.45) is 5.77. The van der Waals surface area contributed by atoms with Crippen molar-refractivity contribution in [1.29, 1.82) is 0 Å². The first-order chi connectivity index (χ1) is 4.86. The number of aromatic nitrogens is 2. The zero-order valence-electron chi connectivity index (χ0n) is 5.41. The average Bonchev–Trinajstić information content (AvgIpc) is 2.33. The van der Waals surface area contributed by atoms with Crippen LogP contribution >= 0.6 is 0 Å². The Labute approximate surface area is 58.4 Å². The van der Waals surface area contributed by atoms with Gasteiger partial charge in [0.25, 0.3) is 0 Å². The molecule has 2 rings (SSSR count). The zero-order chi connectivity index (χ0) is 6.97. The Bertz CT molecular complexity index is 264. The summed E-state index contributed by atoms with van der Waals surface area (Å²) in [4.78, 5) is 0. The molecule has 0 aliphatic heterocycles. The third-order valence-corrected chi connectivity index (χ3v) is 1.65. The maximum absolute atomic E-state index is 9.13. The predicted molar refractivity (Wildman–Crippen MR) is 37.3 cm³/mol. The molecule has 1 unspecified atom stereocenters. The first-order valence-electron chi connectivity index (χ1n) is 3.25. The third kappa shape index (κ3) is 0.752. The van der Waals surface area contributed by atoms with Crippen LogP contribution in [0.5, 0.6) is 0 Å². The quantitative estimate of drug-likeness (QED) is 0.540. The fourth-order valence-corrected chi connectivity index (χ4v) is 1.12. The van der Waals surface area contributed by atoms with Gasteiger partial charge in [0.2, 0.25) is 0 Å². The summed E-state index contributed by atoms with van der Waals surface area (Å²) in [5, 5.41) is 15.9. The van der Waals surface area contributed by atoms with Gasteiger partial charge in [-0.2, -0.15) is 5.10 Å². The molecule has 0 bridgehead atoms. The molecule has 1 heterocycles. The van der Waals surface area contributed by atoms with E-state index in [1.54, 1.807) is 6.08 Å². The first-order valence-corrected chi connectivity index (χ1v) is 3.25. The van der Waals surface area contributed by atoms with Crippen LogP contribution in [0, 0.1) is 0 Å². The van der Waals surface area contributed by atoms with Crippen LogP contribution < -0.4 is 0 Å². The lowest BCUT2D eigenvalue weighted by atomic mass is 10.0. The van der Waals surface area contributed by atoms with Gasteiger partial charge in [-0.15, -0.1) is 0 Å². The number of aliphatic hydroxyl groups excluding tert-OH is 1. The molecule has 1 aromatic heterocycles. The van der Waals surface area contributed by atoms with Gasteiger partial charge in [0.15, 0.2) is 0 Å². The van der Waals surface area contributed by atoms with E-state index in [0.29, 0.717) is 6.42 Å². The number of rotatable bonds is 0. The van der Waals surface area contributed by atoms with Crippen molar-refractivity contribution >= 4 is 6.08 Å². The van der Waals surface area contributed by atoms with Crippen molar-refractivity contribution < 1.29 is 5.11 Å². The lowest BCUT2D eigenvalue weighted by molar-refractivity contribution is 0.222. The normalized spacial score (nSPS) is 22.7. The third-order valence-electron chi connectivity index (χ3n) is 1.65. The second-order valence-corrected chi connectivity index (χ2v) is 2.42. The first kappa shape index (κ1) is 5.68. The van der Waals surface area contributed by atoms with Gasteiger partial charge < -0.3 is 5.11 Å². The van der Waals surface area contributed by atoms with Crippen molar-refractivity contribution in [1.82, 2.24) is 10.2 Å². The molecule has 0 fully saturated rings. The molecule has 1 aliphatic carbocycles. The number of fused-ring (bicyclic) bond motifs is 1. The second-order valence-electron chi connectivity index (χ2n) is 2.42. The summed E-state index contributed by atoms with van der Waals surface area (Å²) in [6.45, 7) is 0. The molecule has 0 aromatic carbocycles. The maximum Gasteiger partial charge on any atom is 0.0780 e. The standard InChI is InChI=1S/C7H8N2O/c10-6-2-1-5-4-8-9-7(5)3-6/h1-2,4,6,10H,3H2,(H,8,9). The lowest BCUT2D eigenvalue weighted by Crippen LogP contribution is -2.10. The molecule has 2 N–H and O–H groups in total. The molecule has 0 spiro atoms. The number of aromatic amines is 1. The van der Waals surface area contributed by atoms with E-state index >= 15 is 0 Å². The van der Waals surface area contributed by atoms with E-state index in [4.69, 9.17) is 5.11 Å². The Morgan fingerprint density at radius 3 is 3.50 bits per heavy atom. The SMILES string of the molecule is OC1C=Cc2c[nH]nc2C1. The molecule has 1 aromatic rings. The van der Waals surface area contributed by atoms with Crippen molar-refractivity contribution in [3.05, 3.63) is 23.5 Å². The fourth-order valence-electron chi connectivity index (χ4n) is 1.12. The van der Waals surface area contributed by atoms with E-state index in [2.05, 4.69) is 10.2 Å². The Balaban J connectivity index is 2.43. The van der Waals surface area contributed by atoms with E-state index < -0.39 is 0 Å². The second kappa shape index (κ2) is 1.95. The lowest BCUT2D eigenvalue weighted by Gasteiger charge is -2.07. The van der Waals surface area contributed by atoms with Gasteiger partial charge in [-0.3, -0.25) is 5.10 Å². The van der Waals surface area contributed by atoms with Crippen molar-refractivity contribution in [2.75, 3.05) is 0 Å². The Morgan fingerprint density at radius 1 is 1.70 bits per heavy atom. The summed E-state index contributed by atoms with van der Waals surface area (Å²) < 4.78 is 0. The average molecular weight is 136 g/mol. The van der Waals surface area contributed by atoms with Gasteiger partial charge in [-0.1, -0.05) is 12.2 Å². The monoisotopic (exact) mass is 136 g/mol. The number of nitrogens with one attached hydrogen (secondary N) is 1. The maximum atomic E-state index is 9.13. The number of hydrogen-bond acceptors (Lipinski definition) is 2. The van der Waals surface area contributed by atoms with E-state index in [1.807, 2.05) is 12.3 Å². The number of nitrogens with zero attached hydrogens (tertiary/aromatic N) is 1. The summed E-state index contributed by atoms with van der Waals surface area (Å²) in [6, 6.07) is 0. The van der Waals surface area contributed by atoms with Crippen LogP contribution in [0.4, 0.5) is 0 Å². The largest absolute Gasteiger partial charge is 0.389 e. The van der Waals surface area contributed by atoms with Crippen LogP contribution in [-0.4, -0.2) is 21.4 Å². The van der Waals surface area contributed by atoms with Gasteiger partial charge in [-0.25, -0.2) is 0 Å². The van der Waals surface area contributed by atoms with Crippen molar-refractivity contribution in [2.24, 2.45) is 0 Å². The Kier molecular flexibility index (Phi) is 1.11. The minimum Gasteiger partial charge on any atom is -0.389 e. The van der Waals surface area contributed by atoms with Gasteiger partial charge in [0, 0.05) is 18.2 Å². The highest BCUT2D eigenvalue weighted by Gasteiger charge is 2.12. The highest BCUT2D eigenvalue weighted by Crippen LogP contribution is 2.15. The van der Waals surface area contributed by atoms with Gasteiger partial charge >= 0.3 is 0 Å². The topological polar surface area (TPSA) is 48.9 Å². The minimum absolute atomic E-state index is 0.351. The van der Waals surface area contributed by atoms with Crippen LogP contribution in [0.2, 0.25) is 0 Å². The van der Waals surface area contributed by atoms with E-state index in [0.717, 1.165) is 11.3 Å². The smallest absolute Gasteiger partial charge is 0.0780 e. The number of H-pyrrole nitrogens is 1. The fraction of sp³-hybridized carbons (Fsp3) is 0.286. The van der Waals surface area contributed by atoms with Gasteiger partial charge in [-0.05, 0) is 0 Å². The molecular weight excluding hydrogens is 128 g/mol. The zero-order valence-corrected chi connectivity index (χ0v) is 5.41. The molecule has 52 valence electrons. The molecule has 0 saturated carbocycles. The Morgan fingerprint density at radius 2 is 2.60 bits per heavy atom. The summed E-state index contributed by atoms with van der Waals surface area (Å²) >= 11 is 0. The van der Waals surface area contributed by atoms with E-state index in [9.17, 15) is 0 Å². The molecule has 0 radical (unpaired) electrons. The van der Waals surface area contributed by atoms with Crippen molar-refractivity contribution in [2.45, 2.75) is 12.5 Å². The van der Waals surface area contributed by atoms with E-state index in [1.165, 1.54) is 0 Å². The molecule has 10 heavy (non-hydrogen) atoms. The summed E-state index contributed by atoms with van der Waals surface area (Å²) in [5.41, 5.74) is 2.04. The van der Waals surface area contributed by atoms with Crippen molar-refractivity contribution in [3.8, 4) is 0 Å². The highest BCUT2D eigenvalue weighted by molar-refractivity contribution is 5.54. The van der Waals surface area contributed by atoms with Gasteiger partial charge in [0.05, 0.1) is 11.8 Å². The predicted octanol–water partition coefficient (Wildman–Crippen LogP) is 0.340. The number of hydrogen-bond donors (Lipinski definition) is 2. The summed E-state index contributed by atoms with van der Waals surface area (Å²) in [5.74, 6) is 0. The molecule has 3 nitrogen and oxygen atoms in total. The molecule has 0 amide bonds. The van der Waals surface area contributed by atoms with Crippen LogP contribution in [0.15, 0.2) is 12.3 Å². The minimum atomic E-state index is -0.351. The van der Waals surface area contributed by atoms with Crippen LogP contribution in [0.25, 0.3) is 6.08 Å². The number of aliphatic hydroxyl groups is 1. The molecule has 0 saturated heterocycles. The molecule has 3 heteroatoms. The molecular formula is C7H8N2O. The van der Waals surface area contributed by atoms with Crippen molar-refractivity contribution in [3.63, 3.8) is 0 Å². The Hall–Kier alpha value is -1.09. The van der Waals surface area contributed by atoms with Crippen LogP contribution in [-0.2, 0) is 6.42 Å². The highest BCUT2D eigenvalue weighted by atomic mass is 16.3. The van der Waals surface area contributed by atoms with E-state index in [-0.39, 0.29) is 6.10 Å².